The average molecular weight is 339 g/mol. The summed E-state index contributed by atoms with van der Waals surface area (Å²) < 4.78 is 5.40. The molecule has 0 saturated carbocycles. The molecule has 1 aliphatic heterocycles. The van der Waals surface area contributed by atoms with Crippen molar-refractivity contribution in [1.82, 2.24) is 15.5 Å². The van der Waals surface area contributed by atoms with Gasteiger partial charge in [0.05, 0.1) is 13.2 Å². The van der Waals surface area contributed by atoms with E-state index in [9.17, 15) is 0 Å². The number of nitrogens with one attached hydrogen (secondary N) is 2. The minimum atomic E-state index is 0.556. The molecule has 0 aromatic carbocycles. The largest absolute Gasteiger partial charge is 0.379 e. The first kappa shape index (κ1) is 18.2. The van der Waals surface area contributed by atoms with Crippen molar-refractivity contribution in [3.05, 3.63) is 22.4 Å². The molecule has 1 unspecified atom stereocenters. The van der Waals surface area contributed by atoms with Gasteiger partial charge in [0.1, 0.15) is 0 Å². The van der Waals surface area contributed by atoms with Gasteiger partial charge >= 0.3 is 0 Å². The van der Waals surface area contributed by atoms with Crippen molar-refractivity contribution in [3.8, 4) is 0 Å². The predicted octanol–water partition coefficient (Wildman–Crippen LogP) is 1.81. The van der Waals surface area contributed by atoms with E-state index >= 15 is 0 Å². The first-order valence-electron chi connectivity index (χ1n) is 8.62. The third-order valence-corrected chi connectivity index (χ3v) is 4.76. The van der Waals surface area contributed by atoms with Gasteiger partial charge in [0, 0.05) is 44.1 Å². The third-order valence-electron chi connectivity index (χ3n) is 3.82. The van der Waals surface area contributed by atoms with Gasteiger partial charge in [-0.25, -0.2) is 0 Å². The number of morpholine rings is 1. The summed E-state index contributed by atoms with van der Waals surface area (Å²) in [6, 6.07) is 4.29. The van der Waals surface area contributed by atoms with Crippen molar-refractivity contribution in [1.29, 1.82) is 0 Å². The Morgan fingerprint density at radius 1 is 1.39 bits per heavy atom. The molecule has 1 aliphatic rings. The Hall–Kier alpha value is -1.11. The maximum atomic E-state index is 5.40. The second kappa shape index (κ2) is 10.6. The van der Waals surface area contributed by atoms with E-state index in [0.717, 1.165) is 64.9 Å². The van der Waals surface area contributed by atoms with Gasteiger partial charge in [-0.05, 0) is 30.7 Å². The lowest BCUT2D eigenvalue weighted by molar-refractivity contribution is 0.0323. The molecule has 1 atom stereocenters. The van der Waals surface area contributed by atoms with Crippen LogP contribution >= 0.6 is 11.3 Å². The van der Waals surface area contributed by atoms with Crippen LogP contribution in [0.25, 0.3) is 0 Å². The zero-order chi connectivity index (χ0) is 16.3. The summed E-state index contributed by atoms with van der Waals surface area (Å²) in [6.07, 6.45) is 1.05. The topological polar surface area (TPSA) is 48.9 Å². The van der Waals surface area contributed by atoms with E-state index in [-0.39, 0.29) is 0 Å². The summed E-state index contributed by atoms with van der Waals surface area (Å²) in [6.45, 7) is 12.0. The molecule has 6 heteroatoms. The molecule has 0 radical (unpaired) electrons. The first-order valence-corrected chi connectivity index (χ1v) is 9.50. The Bertz CT molecular complexity index is 443. The summed E-state index contributed by atoms with van der Waals surface area (Å²) in [5.74, 6) is 1.48. The highest BCUT2D eigenvalue weighted by Crippen LogP contribution is 2.08. The van der Waals surface area contributed by atoms with E-state index < -0.39 is 0 Å². The molecular formula is C17H30N4OS. The Kier molecular flexibility index (Phi) is 8.42. The van der Waals surface area contributed by atoms with Crippen LogP contribution in [0.2, 0.25) is 0 Å². The van der Waals surface area contributed by atoms with Crippen LogP contribution < -0.4 is 10.6 Å². The standard InChI is InChI=1S/C17H30N4OS/c1-3-18-17(19-7-6-16-5-4-12-23-16)20-13-15(2)14-21-8-10-22-11-9-21/h4-5,12,15H,3,6-11,13-14H2,1-2H3,(H2,18,19,20). The van der Waals surface area contributed by atoms with Gasteiger partial charge in [0.2, 0.25) is 0 Å². The summed E-state index contributed by atoms with van der Waals surface area (Å²) in [7, 11) is 0. The van der Waals surface area contributed by atoms with Crippen LogP contribution in [0.1, 0.15) is 18.7 Å². The van der Waals surface area contributed by atoms with E-state index in [1.165, 1.54) is 4.88 Å². The van der Waals surface area contributed by atoms with Crippen molar-refractivity contribution < 1.29 is 4.74 Å². The van der Waals surface area contributed by atoms with Crippen molar-refractivity contribution in [2.24, 2.45) is 10.9 Å². The molecular weight excluding hydrogens is 308 g/mol. The first-order chi connectivity index (χ1) is 11.3. The van der Waals surface area contributed by atoms with Crippen LogP contribution in [-0.2, 0) is 11.2 Å². The molecule has 0 bridgehead atoms. The van der Waals surface area contributed by atoms with Gasteiger partial charge in [0.15, 0.2) is 5.96 Å². The van der Waals surface area contributed by atoms with Crippen molar-refractivity contribution in [3.63, 3.8) is 0 Å². The fourth-order valence-corrected chi connectivity index (χ4v) is 3.34. The number of nitrogens with zero attached hydrogens (tertiary/aromatic N) is 2. The highest BCUT2D eigenvalue weighted by molar-refractivity contribution is 7.09. The minimum absolute atomic E-state index is 0.556. The van der Waals surface area contributed by atoms with Crippen LogP contribution in [0, 0.1) is 5.92 Å². The van der Waals surface area contributed by atoms with Crippen LogP contribution in [0.4, 0.5) is 0 Å². The van der Waals surface area contributed by atoms with Gasteiger partial charge < -0.3 is 15.4 Å². The second-order valence-electron chi connectivity index (χ2n) is 5.99. The Balaban J connectivity index is 1.70. The van der Waals surface area contributed by atoms with Crippen LogP contribution in [0.15, 0.2) is 22.5 Å². The maximum absolute atomic E-state index is 5.40. The lowest BCUT2D eigenvalue weighted by Gasteiger charge is -2.28. The lowest BCUT2D eigenvalue weighted by atomic mass is 10.1. The molecule has 0 amide bonds. The second-order valence-corrected chi connectivity index (χ2v) is 7.03. The van der Waals surface area contributed by atoms with Gasteiger partial charge in [0.25, 0.3) is 0 Å². The predicted molar refractivity (Wildman–Crippen MR) is 98.4 cm³/mol. The SMILES string of the molecule is CCNC(=NCC(C)CN1CCOCC1)NCCc1cccs1. The Labute approximate surface area is 144 Å². The van der Waals surface area contributed by atoms with Crippen molar-refractivity contribution in [2.45, 2.75) is 20.3 Å². The van der Waals surface area contributed by atoms with E-state index in [4.69, 9.17) is 9.73 Å². The summed E-state index contributed by atoms with van der Waals surface area (Å²) in [5, 5.41) is 8.89. The quantitative estimate of drug-likeness (QED) is 0.561. The molecule has 1 fully saturated rings. The van der Waals surface area contributed by atoms with Crippen LogP contribution in [0.3, 0.4) is 0 Å². The molecule has 0 aliphatic carbocycles. The Morgan fingerprint density at radius 2 is 2.22 bits per heavy atom. The molecule has 1 aromatic heterocycles. The molecule has 23 heavy (non-hydrogen) atoms. The van der Waals surface area contributed by atoms with E-state index in [0.29, 0.717) is 5.92 Å². The number of thiophene rings is 1. The van der Waals surface area contributed by atoms with Gasteiger partial charge in [-0.3, -0.25) is 9.89 Å². The molecule has 1 saturated heterocycles. The van der Waals surface area contributed by atoms with E-state index in [2.05, 4.69) is 46.9 Å². The summed E-state index contributed by atoms with van der Waals surface area (Å²) >= 11 is 1.81. The molecule has 2 rings (SSSR count). The van der Waals surface area contributed by atoms with Crippen LogP contribution in [-0.4, -0.2) is 63.3 Å². The van der Waals surface area contributed by atoms with Gasteiger partial charge in [-0.2, -0.15) is 0 Å². The monoisotopic (exact) mass is 338 g/mol. The number of guanidine groups is 1. The zero-order valence-electron chi connectivity index (χ0n) is 14.4. The molecule has 2 heterocycles. The highest BCUT2D eigenvalue weighted by Gasteiger charge is 2.13. The van der Waals surface area contributed by atoms with E-state index in [1.807, 2.05) is 11.3 Å². The van der Waals surface area contributed by atoms with Crippen LogP contribution in [0.5, 0.6) is 0 Å². The molecule has 0 spiro atoms. The maximum Gasteiger partial charge on any atom is 0.191 e. The van der Waals surface area contributed by atoms with Gasteiger partial charge in [-0.1, -0.05) is 13.0 Å². The number of hydrogen-bond acceptors (Lipinski definition) is 4. The highest BCUT2D eigenvalue weighted by atomic mass is 32.1. The number of hydrogen-bond donors (Lipinski definition) is 2. The number of ether oxygens (including phenoxy) is 1. The Morgan fingerprint density at radius 3 is 2.91 bits per heavy atom. The molecule has 5 nitrogen and oxygen atoms in total. The fourth-order valence-electron chi connectivity index (χ4n) is 2.63. The number of aliphatic imine (C=N–C) groups is 1. The smallest absolute Gasteiger partial charge is 0.191 e. The van der Waals surface area contributed by atoms with Gasteiger partial charge in [-0.15, -0.1) is 11.3 Å². The summed E-state index contributed by atoms with van der Waals surface area (Å²) in [5.41, 5.74) is 0. The summed E-state index contributed by atoms with van der Waals surface area (Å²) in [4.78, 5) is 8.62. The normalized spacial score (nSPS) is 17.9. The fraction of sp³-hybridized carbons (Fsp3) is 0.706. The van der Waals surface area contributed by atoms with E-state index in [1.54, 1.807) is 0 Å². The molecule has 130 valence electrons. The third kappa shape index (κ3) is 7.33. The molecule has 2 N–H and O–H groups in total. The van der Waals surface area contributed by atoms with Crippen molar-refractivity contribution in [2.75, 3.05) is 52.5 Å². The molecule has 1 aromatic rings. The lowest BCUT2D eigenvalue weighted by Crippen LogP contribution is -2.40. The minimum Gasteiger partial charge on any atom is -0.379 e. The van der Waals surface area contributed by atoms with Crippen molar-refractivity contribution >= 4 is 17.3 Å². The number of rotatable bonds is 8. The zero-order valence-corrected chi connectivity index (χ0v) is 15.2. The average Bonchev–Trinajstić information content (AvgIpc) is 3.07.